The molecule has 0 spiro atoms. The molecule has 0 aromatic carbocycles. The van der Waals surface area contributed by atoms with Crippen LogP contribution in [0.4, 0.5) is 0 Å². The lowest BCUT2D eigenvalue weighted by Gasteiger charge is -2.23. The van der Waals surface area contributed by atoms with E-state index < -0.39 is 0 Å². The zero-order chi connectivity index (χ0) is 13.5. The Morgan fingerprint density at radius 3 is 2.41 bits per heavy atom. The van der Waals surface area contributed by atoms with Crippen molar-refractivity contribution < 1.29 is 14.6 Å². The molecule has 4 nitrogen and oxygen atoms in total. The third kappa shape index (κ3) is 9.12. The Hall–Kier alpha value is -0.610. The molecule has 0 aliphatic carbocycles. The van der Waals surface area contributed by atoms with Gasteiger partial charge in [-0.2, -0.15) is 0 Å². The Bertz CT molecular complexity index is 223. The average molecular weight is 245 g/mol. The molecule has 2 N–H and O–H groups in total. The summed E-state index contributed by atoms with van der Waals surface area (Å²) in [6.45, 7) is 8.84. The number of aliphatic hydroxyl groups excluding tert-OH is 1. The molecule has 0 aromatic rings. The standard InChI is InChI=1S/C13H27NO3/c1-10(7-13(2,3)4)6-12(16)14-11(8-15)9-17-5/h10-11,15H,6-9H2,1-5H3,(H,14,16). The lowest BCUT2D eigenvalue weighted by atomic mass is 9.84. The van der Waals surface area contributed by atoms with Crippen molar-refractivity contribution in [3.8, 4) is 0 Å². The number of hydrogen-bond acceptors (Lipinski definition) is 3. The largest absolute Gasteiger partial charge is 0.394 e. The highest BCUT2D eigenvalue weighted by atomic mass is 16.5. The monoisotopic (exact) mass is 245 g/mol. The van der Waals surface area contributed by atoms with Gasteiger partial charge in [-0.15, -0.1) is 0 Å². The predicted molar refractivity (Wildman–Crippen MR) is 68.7 cm³/mol. The van der Waals surface area contributed by atoms with Crippen molar-refractivity contribution in [2.75, 3.05) is 20.3 Å². The summed E-state index contributed by atoms with van der Waals surface area (Å²) in [5.74, 6) is 0.328. The maximum Gasteiger partial charge on any atom is 0.220 e. The normalized spacial score (nSPS) is 15.4. The first-order valence-corrected chi connectivity index (χ1v) is 6.17. The highest BCUT2D eigenvalue weighted by molar-refractivity contribution is 5.76. The van der Waals surface area contributed by atoms with Crippen LogP contribution in [0.2, 0.25) is 0 Å². The number of hydrogen-bond donors (Lipinski definition) is 2. The Morgan fingerprint density at radius 2 is 2.00 bits per heavy atom. The van der Waals surface area contributed by atoms with Crippen molar-refractivity contribution in [3.05, 3.63) is 0 Å². The van der Waals surface area contributed by atoms with Crippen LogP contribution in [0.3, 0.4) is 0 Å². The molecular weight excluding hydrogens is 218 g/mol. The number of carbonyl (C=O) groups excluding carboxylic acids is 1. The molecule has 0 radical (unpaired) electrons. The van der Waals surface area contributed by atoms with Crippen LogP contribution in [-0.2, 0) is 9.53 Å². The number of methoxy groups -OCH3 is 1. The van der Waals surface area contributed by atoms with Gasteiger partial charge in [0.15, 0.2) is 0 Å². The molecule has 0 fully saturated rings. The van der Waals surface area contributed by atoms with Crippen molar-refractivity contribution in [1.29, 1.82) is 0 Å². The molecule has 4 heteroatoms. The van der Waals surface area contributed by atoms with E-state index in [0.29, 0.717) is 18.9 Å². The molecule has 0 aliphatic rings. The maximum absolute atomic E-state index is 11.7. The predicted octanol–water partition coefficient (Wildman–Crippen LogP) is 1.57. The second kappa shape index (κ2) is 7.67. The molecular formula is C13H27NO3. The van der Waals surface area contributed by atoms with Gasteiger partial charge < -0.3 is 15.2 Å². The van der Waals surface area contributed by atoms with Gasteiger partial charge in [-0.25, -0.2) is 0 Å². The van der Waals surface area contributed by atoms with Gasteiger partial charge in [-0.1, -0.05) is 27.7 Å². The molecule has 2 unspecified atom stereocenters. The molecule has 102 valence electrons. The molecule has 17 heavy (non-hydrogen) atoms. The minimum atomic E-state index is -0.297. The SMILES string of the molecule is COCC(CO)NC(=O)CC(C)CC(C)(C)C. The summed E-state index contributed by atoms with van der Waals surface area (Å²) in [6.07, 6.45) is 1.51. The zero-order valence-corrected chi connectivity index (χ0v) is 11.7. The van der Waals surface area contributed by atoms with Crippen LogP contribution in [0, 0.1) is 11.3 Å². The molecule has 0 heterocycles. The summed E-state index contributed by atoms with van der Waals surface area (Å²) in [4.78, 5) is 11.7. The van der Waals surface area contributed by atoms with Crippen molar-refractivity contribution in [1.82, 2.24) is 5.32 Å². The summed E-state index contributed by atoms with van der Waals surface area (Å²) >= 11 is 0. The van der Waals surface area contributed by atoms with E-state index in [1.165, 1.54) is 0 Å². The van der Waals surface area contributed by atoms with E-state index in [9.17, 15) is 4.79 Å². The van der Waals surface area contributed by atoms with Gasteiger partial charge in [0, 0.05) is 13.5 Å². The highest BCUT2D eigenvalue weighted by Crippen LogP contribution is 2.25. The van der Waals surface area contributed by atoms with Crippen LogP contribution in [-0.4, -0.2) is 37.4 Å². The van der Waals surface area contributed by atoms with Crippen LogP contribution in [0.15, 0.2) is 0 Å². The number of amides is 1. The smallest absolute Gasteiger partial charge is 0.220 e. The minimum Gasteiger partial charge on any atom is -0.394 e. The van der Waals surface area contributed by atoms with Crippen molar-refractivity contribution in [3.63, 3.8) is 0 Å². The second-order valence-corrected chi connectivity index (χ2v) is 5.98. The van der Waals surface area contributed by atoms with Crippen molar-refractivity contribution in [2.45, 2.75) is 46.6 Å². The van der Waals surface area contributed by atoms with Gasteiger partial charge in [0.2, 0.25) is 5.91 Å². The van der Waals surface area contributed by atoms with E-state index in [1.807, 2.05) is 0 Å². The topological polar surface area (TPSA) is 58.6 Å². The highest BCUT2D eigenvalue weighted by Gasteiger charge is 2.19. The van der Waals surface area contributed by atoms with Gasteiger partial charge >= 0.3 is 0 Å². The first kappa shape index (κ1) is 16.4. The van der Waals surface area contributed by atoms with Gasteiger partial charge in [0.1, 0.15) is 0 Å². The van der Waals surface area contributed by atoms with Crippen LogP contribution in [0.25, 0.3) is 0 Å². The summed E-state index contributed by atoms with van der Waals surface area (Å²) < 4.78 is 4.91. The van der Waals surface area contributed by atoms with Gasteiger partial charge in [0.05, 0.1) is 19.3 Å². The maximum atomic E-state index is 11.7. The molecule has 0 bridgehead atoms. The molecule has 2 atom stereocenters. The first-order valence-electron chi connectivity index (χ1n) is 6.17. The summed E-state index contributed by atoms with van der Waals surface area (Å²) in [5, 5.41) is 11.8. The Kier molecular flexibility index (Phi) is 7.39. The molecule has 0 saturated carbocycles. The van der Waals surface area contributed by atoms with Crippen LogP contribution < -0.4 is 5.32 Å². The van der Waals surface area contributed by atoms with E-state index in [4.69, 9.17) is 9.84 Å². The number of carbonyl (C=O) groups is 1. The number of aliphatic hydroxyl groups is 1. The Balaban J connectivity index is 3.99. The van der Waals surface area contributed by atoms with E-state index in [2.05, 4.69) is 33.0 Å². The van der Waals surface area contributed by atoms with Crippen LogP contribution >= 0.6 is 0 Å². The quantitative estimate of drug-likeness (QED) is 0.716. The van der Waals surface area contributed by atoms with Gasteiger partial charge in [-0.05, 0) is 17.8 Å². The van der Waals surface area contributed by atoms with E-state index >= 15 is 0 Å². The Morgan fingerprint density at radius 1 is 1.41 bits per heavy atom. The summed E-state index contributed by atoms with van der Waals surface area (Å²) in [5.41, 5.74) is 0.239. The number of rotatable bonds is 7. The van der Waals surface area contributed by atoms with E-state index in [0.717, 1.165) is 6.42 Å². The fourth-order valence-corrected chi connectivity index (χ4v) is 2.06. The third-order valence-corrected chi connectivity index (χ3v) is 2.45. The minimum absolute atomic E-state index is 0.0159. The fourth-order valence-electron chi connectivity index (χ4n) is 2.06. The van der Waals surface area contributed by atoms with Crippen molar-refractivity contribution in [2.24, 2.45) is 11.3 Å². The second-order valence-electron chi connectivity index (χ2n) is 5.98. The molecule has 0 saturated heterocycles. The van der Waals surface area contributed by atoms with E-state index in [1.54, 1.807) is 7.11 Å². The number of ether oxygens (including phenoxy) is 1. The molecule has 0 rings (SSSR count). The average Bonchev–Trinajstić information content (AvgIpc) is 2.13. The lowest BCUT2D eigenvalue weighted by Crippen LogP contribution is -2.41. The third-order valence-electron chi connectivity index (χ3n) is 2.45. The van der Waals surface area contributed by atoms with Crippen molar-refractivity contribution >= 4 is 5.91 Å². The van der Waals surface area contributed by atoms with Crippen LogP contribution in [0.1, 0.15) is 40.5 Å². The van der Waals surface area contributed by atoms with Gasteiger partial charge in [-0.3, -0.25) is 4.79 Å². The van der Waals surface area contributed by atoms with E-state index in [-0.39, 0.29) is 24.0 Å². The molecule has 1 amide bonds. The Labute approximate surface area is 105 Å². The summed E-state index contributed by atoms with van der Waals surface area (Å²) in [7, 11) is 1.55. The first-order chi connectivity index (χ1) is 7.78. The summed E-state index contributed by atoms with van der Waals surface area (Å²) in [6, 6.07) is -0.297. The lowest BCUT2D eigenvalue weighted by molar-refractivity contribution is -0.123. The fraction of sp³-hybridized carbons (Fsp3) is 0.923. The number of nitrogens with one attached hydrogen (secondary N) is 1. The van der Waals surface area contributed by atoms with Gasteiger partial charge in [0.25, 0.3) is 0 Å². The van der Waals surface area contributed by atoms with Crippen LogP contribution in [0.5, 0.6) is 0 Å². The zero-order valence-electron chi connectivity index (χ0n) is 11.7. The molecule has 0 aliphatic heterocycles. The molecule has 0 aromatic heterocycles.